The number of amides is 1. The number of carbonyl (C=O) groups excluding carboxylic acids is 1. The summed E-state index contributed by atoms with van der Waals surface area (Å²) in [5, 5.41) is 10.5. The number of hydrogen-bond donors (Lipinski definition) is 2. The van der Waals surface area contributed by atoms with Gasteiger partial charge in [-0.25, -0.2) is 4.98 Å². The smallest absolute Gasteiger partial charge is 0.234 e. The standard InChI is InChI=1S/C20H30N6O2/c1-14-21-20(24-23-14)17-9-10-26(11-15-5-7-16(28-4)8-6-15)12-18(17)22-19(27)13-25(2)3/h5-8,17-18H,9-13H2,1-4H3,(H,22,27)(H,21,23,24)/t17-,18+/m0/s1. The third kappa shape index (κ3) is 5.30. The van der Waals surface area contributed by atoms with Crippen LogP contribution in [-0.2, 0) is 11.3 Å². The van der Waals surface area contributed by atoms with Gasteiger partial charge < -0.3 is 15.0 Å². The van der Waals surface area contributed by atoms with E-state index in [1.165, 1.54) is 5.56 Å². The molecular formula is C20H30N6O2. The molecule has 2 aromatic rings. The minimum Gasteiger partial charge on any atom is -0.497 e. The summed E-state index contributed by atoms with van der Waals surface area (Å²) in [4.78, 5) is 21.2. The second kappa shape index (κ2) is 9.16. The number of piperidine rings is 1. The maximum Gasteiger partial charge on any atom is 0.234 e. The number of nitrogens with zero attached hydrogens (tertiary/aromatic N) is 4. The first-order chi connectivity index (χ1) is 13.4. The number of likely N-dealkylation sites (tertiary alicyclic amines) is 1. The summed E-state index contributed by atoms with van der Waals surface area (Å²) >= 11 is 0. The van der Waals surface area contributed by atoms with Crippen LogP contribution >= 0.6 is 0 Å². The summed E-state index contributed by atoms with van der Waals surface area (Å²) in [5.41, 5.74) is 1.23. The van der Waals surface area contributed by atoms with Gasteiger partial charge >= 0.3 is 0 Å². The lowest BCUT2D eigenvalue weighted by Gasteiger charge is -2.38. The summed E-state index contributed by atoms with van der Waals surface area (Å²) in [6.45, 7) is 4.81. The van der Waals surface area contributed by atoms with Crippen LogP contribution in [0.2, 0.25) is 0 Å². The third-order valence-corrected chi connectivity index (χ3v) is 5.01. The second-order valence-electron chi connectivity index (χ2n) is 7.67. The van der Waals surface area contributed by atoms with E-state index in [0.29, 0.717) is 6.54 Å². The molecule has 0 bridgehead atoms. The van der Waals surface area contributed by atoms with E-state index in [1.54, 1.807) is 7.11 Å². The number of methoxy groups -OCH3 is 1. The van der Waals surface area contributed by atoms with Crippen molar-refractivity contribution in [2.45, 2.75) is 31.8 Å². The molecule has 1 aliphatic heterocycles. The number of aromatic nitrogens is 3. The number of H-pyrrole nitrogens is 1. The molecule has 1 aromatic carbocycles. The summed E-state index contributed by atoms with van der Waals surface area (Å²) in [6, 6.07) is 8.12. The molecule has 3 rings (SSSR count). The zero-order valence-corrected chi connectivity index (χ0v) is 17.1. The van der Waals surface area contributed by atoms with Crippen LogP contribution in [-0.4, -0.2) is 77.8 Å². The van der Waals surface area contributed by atoms with E-state index >= 15 is 0 Å². The van der Waals surface area contributed by atoms with Crippen molar-refractivity contribution in [2.24, 2.45) is 0 Å². The van der Waals surface area contributed by atoms with Gasteiger partial charge in [0, 0.05) is 19.0 Å². The summed E-state index contributed by atoms with van der Waals surface area (Å²) in [7, 11) is 5.46. The molecule has 1 amide bonds. The summed E-state index contributed by atoms with van der Waals surface area (Å²) in [6.07, 6.45) is 0.903. The Morgan fingerprint density at radius 1 is 1.36 bits per heavy atom. The Kier molecular flexibility index (Phi) is 6.64. The normalized spacial score (nSPS) is 20.3. The maximum absolute atomic E-state index is 12.4. The van der Waals surface area contributed by atoms with E-state index in [1.807, 2.05) is 38.1 Å². The Morgan fingerprint density at radius 3 is 2.71 bits per heavy atom. The first kappa shape index (κ1) is 20.3. The largest absolute Gasteiger partial charge is 0.497 e. The van der Waals surface area contributed by atoms with Gasteiger partial charge in [-0.3, -0.25) is 14.8 Å². The number of aromatic amines is 1. The average Bonchev–Trinajstić information content (AvgIpc) is 3.08. The zero-order chi connectivity index (χ0) is 20.1. The molecule has 2 N–H and O–H groups in total. The van der Waals surface area contributed by atoms with Gasteiger partial charge in [-0.05, 0) is 51.7 Å². The molecule has 0 saturated carbocycles. The van der Waals surface area contributed by atoms with Crippen molar-refractivity contribution in [3.8, 4) is 5.75 Å². The molecule has 0 unspecified atom stereocenters. The minimum atomic E-state index is -0.0188. The Labute approximate surface area is 166 Å². The van der Waals surface area contributed by atoms with E-state index in [9.17, 15) is 4.79 Å². The van der Waals surface area contributed by atoms with Gasteiger partial charge in [0.2, 0.25) is 5.91 Å². The second-order valence-corrected chi connectivity index (χ2v) is 7.67. The van der Waals surface area contributed by atoms with Crippen molar-refractivity contribution in [2.75, 3.05) is 40.8 Å². The van der Waals surface area contributed by atoms with Crippen molar-refractivity contribution < 1.29 is 9.53 Å². The van der Waals surface area contributed by atoms with Gasteiger partial charge in [0.1, 0.15) is 11.6 Å². The molecule has 1 fully saturated rings. The predicted molar refractivity (Wildman–Crippen MR) is 107 cm³/mol. The van der Waals surface area contributed by atoms with Crippen LogP contribution in [0.1, 0.15) is 29.6 Å². The van der Waals surface area contributed by atoms with Gasteiger partial charge in [0.15, 0.2) is 5.82 Å². The van der Waals surface area contributed by atoms with E-state index < -0.39 is 0 Å². The SMILES string of the molecule is COc1ccc(CN2CC[C@H](c3n[nH]c(C)n3)[C@H](NC(=O)CN(C)C)C2)cc1. The molecule has 0 aliphatic carbocycles. The number of rotatable bonds is 7. The lowest BCUT2D eigenvalue weighted by molar-refractivity contribution is -0.123. The molecule has 1 aromatic heterocycles. The van der Waals surface area contributed by atoms with Crippen molar-refractivity contribution >= 4 is 5.91 Å². The van der Waals surface area contributed by atoms with Gasteiger partial charge in [0.25, 0.3) is 0 Å². The highest BCUT2D eigenvalue weighted by Gasteiger charge is 2.33. The van der Waals surface area contributed by atoms with Crippen LogP contribution in [0, 0.1) is 6.92 Å². The van der Waals surface area contributed by atoms with Crippen LogP contribution in [0.5, 0.6) is 5.75 Å². The minimum absolute atomic E-state index is 0.0188. The number of benzene rings is 1. The molecule has 0 radical (unpaired) electrons. The number of carbonyl (C=O) groups is 1. The molecule has 1 saturated heterocycles. The third-order valence-electron chi connectivity index (χ3n) is 5.01. The Bertz CT molecular complexity index is 773. The first-order valence-corrected chi connectivity index (χ1v) is 9.63. The van der Waals surface area contributed by atoms with Gasteiger partial charge in [-0.15, -0.1) is 0 Å². The van der Waals surface area contributed by atoms with Crippen LogP contribution in [0.3, 0.4) is 0 Å². The molecule has 2 atom stereocenters. The van der Waals surface area contributed by atoms with E-state index in [0.717, 1.165) is 43.5 Å². The predicted octanol–water partition coefficient (Wildman–Crippen LogP) is 1.16. The Balaban J connectivity index is 1.69. The number of hydrogen-bond acceptors (Lipinski definition) is 6. The van der Waals surface area contributed by atoms with Gasteiger partial charge in [-0.2, -0.15) is 5.10 Å². The maximum atomic E-state index is 12.4. The molecule has 8 heteroatoms. The molecular weight excluding hydrogens is 356 g/mol. The number of aryl methyl sites for hydroxylation is 1. The van der Waals surface area contributed by atoms with E-state index in [2.05, 4.69) is 37.5 Å². The summed E-state index contributed by atoms with van der Waals surface area (Å²) < 4.78 is 5.23. The molecule has 1 aliphatic rings. The highest BCUT2D eigenvalue weighted by molar-refractivity contribution is 5.78. The number of ether oxygens (including phenoxy) is 1. The van der Waals surface area contributed by atoms with Crippen molar-refractivity contribution in [3.05, 3.63) is 41.5 Å². The average molecular weight is 387 g/mol. The molecule has 0 spiro atoms. The fourth-order valence-electron chi connectivity index (χ4n) is 3.67. The lowest BCUT2D eigenvalue weighted by Crippen LogP contribution is -2.53. The highest BCUT2D eigenvalue weighted by Crippen LogP contribution is 2.27. The topological polar surface area (TPSA) is 86.4 Å². The quantitative estimate of drug-likeness (QED) is 0.743. The van der Waals surface area contributed by atoms with Gasteiger partial charge in [-0.1, -0.05) is 12.1 Å². The van der Waals surface area contributed by atoms with E-state index in [-0.39, 0.29) is 17.9 Å². The van der Waals surface area contributed by atoms with E-state index in [4.69, 9.17) is 4.74 Å². The molecule has 2 heterocycles. The number of likely N-dealkylation sites (N-methyl/N-ethyl adjacent to an activating group) is 1. The number of nitrogens with one attached hydrogen (secondary N) is 2. The van der Waals surface area contributed by atoms with Crippen molar-refractivity contribution in [1.82, 2.24) is 30.3 Å². The first-order valence-electron chi connectivity index (χ1n) is 9.63. The Hall–Kier alpha value is -2.45. The monoisotopic (exact) mass is 386 g/mol. The van der Waals surface area contributed by atoms with Gasteiger partial charge in [0.05, 0.1) is 19.7 Å². The van der Waals surface area contributed by atoms with Crippen LogP contribution < -0.4 is 10.1 Å². The molecule has 8 nitrogen and oxygen atoms in total. The lowest BCUT2D eigenvalue weighted by atomic mass is 9.90. The Morgan fingerprint density at radius 2 is 2.11 bits per heavy atom. The fraction of sp³-hybridized carbons (Fsp3) is 0.550. The summed E-state index contributed by atoms with van der Waals surface area (Å²) in [5.74, 6) is 2.59. The van der Waals surface area contributed by atoms with Crippen molar-refractivity contribution in [1.29, 1.82) is 0 Å². The van der Waals surface area contributed by atoms with Crippen molar-refractivity contribution in [3.63, 3.8) is 0 Å². The van der Waals surface area contributed by atoms with Crippen LogP contribution in [0.4, 0.5) is 0 Å². The molecule has 152 valence electrons. The fourth-order valence-corrected chi connectivity index (χ4v) is 3.67. The molecule has 28 heavy (non-hydrogen) atoms. The van der Waals surface area contributed by atoms with Crippen LogP contribution in [0.15, 0.2) is 24.3 Å². The highest BCUT2D eigenvalue weighted by atomic mass is 16.5. The van der Waals surface area contributed by atoms with Crippen LogP contribution in [0.25, 0.3) is 0 Å². The zero-order valence-electron chi connectivity index (χ0n) is 17.1.